The second-order valence-corrected chi connectivity index (χ2v) is 8.65. The van der Waals surface area contributed by atoms with Crippen LogP contribution in [0, 0.1) is 29.1 Å². The van der Waals surface area contributed by atoms with Crippen LogP contribution in [0.25, 0.3) is 11.3 Å². The molecule has 0 spiro atoms. The molecule has 3 aromatic rings. The fourth-order valence-electron chi connectivity index (χ4n) is 3.51. The number of thiocarbonyl (C=S) groups is 1. The number of anilines is 1. The van der Waals surface area contributed by atoms with Gasteiger partial charge < -0.3 is 14.2 Å². The van der Waals surface area contributed by atoms with E-state index in [1.165, 1.54) is 11.0 Å². The second-order valence-electron chi connectivity index (χ2n) is 7.44. The van der Waals surface area contributed by atoms with Crippen LogP contribution in [0.5, 0.6) is 0 Å². The topological polar surface area (TPSA) is 48.7 Å². The van der Waals surface area contributed by atoms with Crippen LogP contribution in [0.15, 0.2) is 34.7 Å². The molecular weight excluding hydrogens is 536 g/mol. The zero-order valence-corrected chi connectivity index (χ0v) is 19.8. The van der Waals surface area contributed by atoms with Crippen LogP contribution >= 0.6 is 35.4 Å². The maximum Gasteiger partial charge on any atom is 0.293 e. The number of nitrogens with one attached hydrogen (secondary N) is 1. The van der Waals surface area contributed by atoms with E-state index in [-0.39, 0.29) is 37.1 Å². The molecule has 1 aromatic heterocycles. The van der Waals surface area contributed by atoms with Crippen LogP contribution in [0.3, 0.4) is 0 Å². The normalized spacial score (nSPS) is 13.8. The van der Waals surface area contributed by atoms with E-state index in [4.69, 9.17) is 39.8 Å². The molecular formula is C22H14Cl2F5N3O2S. The minimum absolute atomic E-state index is 0.0135. The van der Waals surface area contributed by atoms with Gasteiger partial charge in [0.05, 0.1) is 10.0 Å². The lowest BCUT2D eigenvalue weighted by Gasteiger charge is -2.37. The Bertz CT molecular complexity index is 1300. The number of carbonyl (C=O) groups is 1. The molecule has 0 unspecified atom stereocenters. The van der Waals surface area contributed by atoms with Gasteiger partial charge in [0.15, 0.2) is 34.1 Å². The first-order valence-corrected chi connectivity index (χ1v) is 11.2. The van der Waals surface area contributed by atoms with Crippen molar-refractivity contribution in [3.63, 3.8) is 0 Å². The Labute approximate surface area is 211 Å². The Morgan fingerprint density at radius 1 is 0.857 bits per heavy atom. The molecule has 35 heavy (non-hydrogen) atoms. The number of halogens is 7. The van der Waals surface area contributed by atoms with E-state index in [1.807, 2.05) is 0 Å². The van der Waals surface area contributed by atoms with Gasteiger partial charge in [0.1, 0.15) is 11.4 Å². The van der Waals surface area contributed by atoms with Crippen LogP contribution in [0.2, 0.25) is 10.0 Å². The van der Waals surface area contributed by atoms with E-state index in [1.54, 1.807) is 24.3 Å². The summed E-state index contributed by atoms with van der Waals surface area (Å²) in [4.78, 5) is 15.1. The SMILES string of the molecule is O=C(NC(=S)N1CCN(c2c(F)c(F)c(F)c(F)c2F)CC1)c1ccc(-c2ccc(Cl)c(Cl)c2)o1. The molecule has 1 amide bonds. The summed E-state index contributed by atoms with van der Waals surface area (Å²) in [5, 5.41) is 3.19. The minimum atomic E-state index is -2.22. The van der Waals surface area contributed by atoms with Crippen LogP contribution in [0.1, 0.15) is 10.6 Å². The van der Waals surface area contributed by atoms with Gasteiger partial charge in [-0.1, -0.05) is 23.2 Å². The summed E-state index contributed by atoms with van der Waals surface area (Å²) in [5.41, 5.74) is -0.397. The maximum atomic E-state index is 14.1. The van der Waals surface area contributed by atoms with Crippen LogP contribution in [0.4, 0.5) is 27.6 Å². The van der Waals surface area contributed by atoms with Crippen molar-refractivity contribution in [1.82, 2.24) is 10.2 Å². The summed E-state index contributed by atoms with van der Waals surface area (Å²) >= 11 is 17.1. The predicted octanol–water partition coefficient (Wildman–Crippen LogP) is 5.79. The van der Waals surface area contributed by atoms with Crippen molar-refractivity contribution in [3.8, 4) is 11.3 Å². The highest BCUT2D eigenvalue weighted by Gasteiger charge is 2.31. The average molecular weight is 550 g/mol. The molecule has 1 saturated heterocycles. The number of amides is 1. The molecule has 5 nitrogen and oxygen atoms in total. The highest BCUT2D eigenvalue weighted by molar-refractivity contribution is 7.80. The first kappa shape index (κ1) is 25.2. The van der Waals surface area contributed by atoms with Gasteiger partial charge in [-0.25, -0.2) is 22.0 Å². The third-order valence-corrected chi connectivity index (χ3v) is 6.42. The van der Waals surface area contributed by atoms with E-state index < -0.39 is 40.7 Å². The van der Waals surface area contributed by atoms with Gasteiger partial charge in [0.2, 0.25) is 5.82 Å². The summed E-state index contributed by atoms with van der Waals surface area (Å²) in [7, 11) is 0. The summed E-state index contributed by atoms with van der Waals surface area (Å²) in [6, 6.07) is 7.85. The molecule has 4 rings (SSSR count). The first-order valence-electron chi connectivity index (χ1n) is 10.0. The number of benzene rings is 2. The molecule has 0 bridgehead atoms. The van der Waals surface area contributed by atoms with E-state index in [9.17, 15) is 26.7 Å². The predicted molar refractivity (Wildman–Crippen MR) is 124 cm³/mol. The van der Waals surface area contributed by atoms with E-state index in [2.05, 4.69) is 5.32 Å². The number of piperazine rings is 1. The van der Waals surface area contributed by atoms with Crippen LogP contribution < -0.4 is 10.2 Å². The Hall–Kier alpha value is -2.89. The monoisotopic (exact) mass is 549 g/mol. The molecule has 0 saturated carbocycles. The Balaban J connectivity index is 1.39. The second kappa shape index (κ2) is 10.00. The minimum Gasteiger partial charge on any atom is -0.451 e. The molecule has 1 aliphatic rings. The van der Waals surface area contributed by atoms with Gasteiger partial charge in [-0.3, -0.25) is 10.1 Å². The zero-order chi connectivity index (χ0) is 25.4. The zero-order valence-electron chi connectivity index (χ0n) is 17.5. The molecule has 1 fully saturated rings. The van der Waals surface area contributed by atoms with Crippen molar-refractivity contribution in [2.24, 2.45) is 0 Å². The van der Waals surface area contributed by atoms with E-state index >= 15 is 0 Å². The highest BCUT2D eigenvalue weighted by Crippen LogP contribution is 2.31. The van der Waals surface area contributed by atoms with Gasteiger partial charge in [-0.05, 0) is 42.5 Å². The molecule has 1 N–H and O–H groups in total. The van der Waals surface area contributed by atoms with Crippen LogP contribution in [-0.2, 0) is 0 Å². The number of furan rings is 1. The van der Waals surface area contributed by atoms with E-state index in [0.717, 1.165) is 4.90 Å². The Kier molecular flexibility index (Phi) is 7.20. The average Bonchev–Trinajstić information content (AvgIpc) is 3.34. The van der Waals surface area contributed by atoms with Crippen molar-refractivity contribution in [3.05, 3.63) is 75.2 Å². The smallest absolute Gasteiger partial charge is 0.293 e. The summed E-state index contributed by atoms with van der Waals surface area (Å²) in [6.07, 6.45) is 0. The van der Waals surface area contributed by atoms with Crippen LogP contribution in [-0.4, -0.2) is 42.1 Å². The number of carbonyl (C=O) groups excluding carboxylic acids is 1. The fourth-order valence-corrected chi connectivity index (χ4v) is 4.08. The number of hydrogen-bond donors (Lipinski definition) is 1. The van der Waals surface area contributed by atoms with Crippen molar-refractivity contribution in [2.45, 2.75) is 0 Å². The maximum absolute atomic E-state index is 14.1. The standard InChI is InChI=1S/C22H14Cl2F5N3O2S/c23-11-2-1-10(9-12(11)24)13-3-4-14(34-13)21(33)30-22(35)32-7-5-31(6-8-32)20-18(28)16(26)15(25)17(27)19(20)29/h1-4,9H,5-8H2,(H,30,33,35). The van der Waals surface area contributed by atoms with Gasteiger partial charge in [0.25, 0.3) is 5.91 Å². The molecule has 2 heterocycles. The van der Waals surface area contributed by atoms with Gasteiger partial charge >= 0.3 is 0 Å². The third-order valence-electron chi connectivity index (χ3n) is 5.32. The van der Waals surface area contributed by atoms with Gasteiger partial charge in [-0.15, -0.1) is 0 Å². The molecule has 0 aliphatic carbocycles. The molecule has 0 radical (unpaired) electrons. The van der Waals surface area contributed by atoms with Crippen molar-refractivity contribution in [1.29, 1.82) is 0 Å². The summed E-state index contributed by atoms with van der Waals surface area (Å²) in [6.45, 7) is -0.0796. The lowest BCUT2D eigenvalue weighted by Crippen LogP contribution is -2.53. The van der Waals surface area contributed by atoms with Gasteiger partial charge in [0, 0.05) is 31.7 Å². The summed E-state index contributed by atoms with van der Waals surface area (Å²) < 4.78 is 74.1. The fraction of sp³-hybridized carbons (Fsp3) is 0.182. The van der Waals surface area contributed by atoms with Crippen molar-refractivity contribution < 1.29 is 31.2 Å². The number of rotatable bonds is 3. The highest BCUT2D eigenvalue weighted by atomic mass is 35.5. The Morgan fingerprint density at radius 2 is 1.46 bits per heavy atom. The Morgan fingerprint density at radius 3 is 2.06 bits per heavy atom. The lowest BCUT2D eigenvalue weighted by molar-refractivity contribution is 0.0946. The molecule has 13 heteroatoms. The molecule has 1 aliphatic heterocycles. The summed E-state index contributed by atoms with van der Waals surface area (Å²) in [5.74, 6) is -10.3. The quantitative estimate of drug-likeness (QED) is 0.194. The van der Waals surface area contributed by atoms with E-state index in [0.29, 0.717) is 21.4 Å². The molecule has 184 valence electrons. The lowest BCUT2D eigenvalue weighted by atomic mass is 10.2. The van der Waals surface area contributed by atoms with Crippen molar-refractivity contribution >= 4 is 52.1 Å². The molecule has 0 atom stereocenters. The number of hydrogen-bond acceptors (Lipinski definition) is 4. The number of nitrogens with zero attached hydrogens (tertiary/aromatic N) is 2. The van der Waals surface area contributed by atoms with Gasteiger partial charge in [-0.2, -0.15) is 0 Å². The first-order chi connectivity index (χ1) is 16.6. The molecule has 2 aromatic carbocycles. The largest absolute Gasteiger partial charge is 0.451 e. The van der Waals surface area contributed by atoms with Crippen molar-refractivity contribution in [2.75, 3.05) is 31.1 Å². The third kappa shape index (κ3) is 4.93.